The van der Waals surface area contributed by atoms with Crippen molar-refractivity contribution < 1.29 is 9.94 Å². The van der Waals surface area contributed by atoms with E-state index in [1.54, 1.807) is 0 Å². The van der Waals surface area contributed by atoms with E-state index in [9.17, 15) is 0 Å². The predicted octanol–water partition coefficient (Wildman–Crippen LogP) is 4.60. The van der Waals surface area contributed by atoms with Crippen LogP contribution in [0.1, 0.15) is 11.1 Å². The maximum atomic E-state index is 8.65. The second kappa shape index (κ2) is 6.73. The van der Waals surface area contributed by atoms with Crippen molar-refractivity contribution in [1.29, 1.82) is 0 Å². The van der Waals surface area contributed by atoms with Crippen LogP contribution < -0.4 is 4.74 Å². The zero-order valence-electron chi connectivity index (χ0n) is 9.88. The molecule has 0 atom stereocenters. The van der Waals surface area contributed by atoms with Crippen molar-refractivity contribution in [3.63, 3.8) is 0 Å². The Morgan fingerprint density at radius 2 is 1.89 bits per heavy atom. The Bertz CT molecular complexity index is 600. The van der Waals surface area contributed by atoms with Crippen molar-refractivity contribution in [3.8, 4) is 5.75 Å². The first-order chi connectivity index (χ1) is 9.19. The lowest BCUT2D eigenvalue weighted by molar-refractivity contribution is 0.304. The molecule has 98 valence electrons. The first kappa shape index (κ1) is 14.1. The zero-order valence-corrected chi connectivity index (χ0v) is 13.1. The molecule has 0 bridgehead atoms. The molecule has 0 aliphatic carbocycles. The summed E-state index contributed by atoms with van der Waals surface area (Å²) < 4.78 is 7.66. The third-order valence-electron chi connectivity index (χ3n) is 2.45. The molecule has 0 aliphatic rings. The van der Waals surface area contributed by atoms with E-state index in [0.717, 1.165) is 14.5 Å². The average Bonchev–Trinajstić information content (AvgIpc) is 2.38. The summed E-state index contributed by atoms with van der Waals surface area (Å²) >= 11 is 6.79. The molecule has 3 nitrogen and oxygen atoms in total. The monoisotopic (exact) mass is 383 g/mol. The summed E-state index contributed by atoms with van der Waals surface area (Å²) in [4.78, 5) is 0. The van der Waals surface area contributed by atoms with E-state index in [1.165, 1.54) is 6.21 Å². The highest BCUT2D eigenvalue weighted by Gasteiger charge is 2.04. The second-order valence-electron chi connectivity index (χ2n) is 3.85. The molecule has 2 aromatic rings. The van der Waals surface area contributed by atoms with Gasteiger partial charge in [-0.25, -0.2) is 0 Å². The van der Waals surface area contributed by atoms with Gasteiger partial charge in [-0.3, -0.25) is 0 Å². The Kier molecular flexibility index (Phi) is 4.99. The molecule has 0 saturated carbocycles. The number of halogens is 2. The van der Waals surface area contributed by atoms with Gasteiger partial charge in [0.05, 0.1) is 6.21 Å². The van der Waals surface area contributed by atoms with Gasteiger partial charge in [0.25, 0.3) is 0 Å². The number of ether oxygens (including phenoxy) is 1. The Balaban J connectivity index is 2.15. The SMILES string of the molecule is O/N=C/c1cc(Br)ccc1OCc1cccc(Br)c1. The molecule has 0 heterocycles. The Morgan fingerprint density at radius 3 is 2.63 bits per heavy atom. The molecule has 2 rings (SSSR count). The van der Waals surface area contributed by atoms with Crippen molar-refractivity contribution in [2.45, 2.75) is 6.61 Å². The molecule has 0 saturated heterocycles. The van der Waals surface area contributed by atoms with Gasteiger partial charge in [0, 0.05) is 14.5 Å². The highest BCUT2D eigenvalue weighted by atomic mass is 79.9. The van der Waals surface area contributed by atoms with Crippen LogP contribution in [0.25, 0.3) is 0 Å². The summed E-state index contributed by atoms with van der Waals surface area (Å²) in [5.74, 6) is 0.668. The Labute approximate surface area is 128 Å². The minimum atomic E-state index is 0.452. The molecule has 0 amide bonds. The first-order valence-electron chi connectivity index (χ1n) is 5.53. The summed E-state index contributed by atoms with van der Waals surface area (Å²) in [5, 5.41) is 11.7. The van der Waals surface area contributed by atoms with Crippen LogP contribution in [0.4, 0.5) is 0 Å². The molecular formula is C14H11Br2NO2. The van der Waals surface area contributed by atoms with Crippen LogP contribution in [0, 0.1) is 0 Å². The van der Waals surface area contributed by atoms with Gasteiger partial charge in [-0.15, -0.1) is 0 Å². The van der Waals surface area contributed by atoms with E-state index < -0.39 is 0 Å². The number of oxime groups is 1. The van der Waals surface area contributed by atoms with Gasteiger partial charge in [-0.1, -0.05) is 49.1 Å². The summed E-state index contributed by atoms with van der Waals surface area (Å²) in [6.45, 7) is 0.452. The van der Waals surface area contributed by atoms with Gasteiger partial charge in [-0.05, 0) is 35.9 Å². The maximum absolute atomic E-state index is 8.65. The summed E-state index contributed by atoms with van der Waals surface area (Å²) in [6.07, 6.45) is 1.35. The van der Waals surface area contributed by atoms with Crippen LogP contribution in [0.2, 0.25) is 0 Å². The van der Waals surface area contributed by atoms with E-state index in [4.69, 9.17) is 9.94 Å². The average molecular weight is 385 g/mol. The van der Waals surface area contributed by atoms with Crippen LogP contribution in [-0.4, -0.2) is 11.4 Å². The van der Waals surface area contributed by atoms with Crippen LogP contribution >= 0.6 is 31.9 Å². The van der Waals surface area contributed by atoms with Crippen LogP contribution in [0.5, 0.6) is 5.75 Å². The first-order valence-corrected chi connectivity index (χ1v) is 7.12. The third kappa shape index (κ3) is 4.08. The Hall–Kier alpha value is -1.33. The van der Waals surface area contributed by atoms with E-state index in [-0.39, 0.29) is 0 Å². The predicted molar refractivity (Wildman–Crippen MR) is 82.0 cm³/mol. The minimum Gasteiger partial charge on any atom is -0.488 e. The van der Waals surface area contributed by atoms with Crippen molar-refractivity contribution in [2.75, 3.05) is 0 Å². The molecule has 5 heteroatoms. The highest BCUT2D eigenvalue weighted by Crippen LogP contribution is 2.23. The van der Waals surface area contributed by atoms with Crippen molar-refractivity contribution >= 4 is 38.1 Å². The number of hydrogen-bond donors (Lipinski definition) is 1. The lowest BCUT2D eigenvalue weighted by Gasteiger charge is -2.09. The van der Waals surface area contributed by atoms with Gasteiger partial charge in [0.1, 0.15) is 12.4 Å². The van der Waals surface area contributed by atoms with Crippen molar-refractivity contribution in [3.05, 3.63) is 62.5 Å². The van der Waals surface area contributed by atoms with Gasteiger partial charge >= 0.3 is 0 Å². The standard InChI is InChI=1S/C14H11Br2NO2/c15-12-3-1-2-10(6-12)9-19-14-5-4-13(16)7-11(14)8-17-18/h1-8,18H,9H2/b17-8+. The Morgan fingerprint density at radius 1 is 1.11 bits per heavy atom. The van der Waals surface area contributed by atoms with E-state index in [1.807, 2.05) is 42.5 Å². The number of hydrogen-bond acceptors (Lipinski definition) is 3. The van der Waals surface area contributed by atoms with E-state index >= 15 is 0 Å². The van der Waals surface area contributed by atoms with Crippen molar-refractivity contribution in [2.24, 2.45) is 5.16 Å². The normalized spacial score (nSPS) is 10.8. The summed E-state index contributed by atoms with van der Waals surface area (Å²) in [6, 6.07) is 13.5. The topological polar surface area (TPSA) is 41.8 Å². The molecule has 19 heavy (non-hydrogen) atoms. The fourth-order valence-electron chi connectivity index (χ4n) is 1.60. The maximum Gasteiger partial charge on any atom is 0.128 e. The van der Waals surface area contributed by atoms with Crippen LogP contribution in [-0.2, 0) is 6.61 Å². The molecular weight excluding hydrogens is 374 g/mol. The van der Waals surface area contributed by atoms with E-state index in [2.05, 4.69) is 37.0 Å². The van der Waals surface area contributed by atoms with Crippen molar-refractivity contribution in [1.82, 2.24) is 0 Å². The van der Waals surface area contributed by atoms with Gasteiger partial charge in [0.15, 0.2) is 0 Å². The molecule has 0 aromatic heterocycles. The van der Waals surface area contributed by atoms with Gasteiger partial charge in [-0.2, -0.15) is 0 Å². The van der Waals surface area contributed by atoms with Gasteiger partial charge in [0.2, 0.25) is 0 Å². The molecule has 1 N–H and O–H groups in total. The van der Waals surface area contributed by atoms with Gasteiger partial charge < -0.3 is 9.94 Å². The molecule has 0 fully saturated rings. The largest absolute Gasteiger partial charge is 0.488 e. The lowest BCUT2D eigenvalue weighted by atomic mass is 10.2. The highest BCUT2D eigenvalue weighted by molar-refractivity contribution is 9.10. The molecule has 2 aromatic carbocycles. The number of nitrogens with zero attached hydrogens (tertiary/aromatic N) is 1. The minimum absolute atomic E-state index is 0.452. The van der Waals surface area contributed by atoms with Crippen LogP contribution in [0.3, 0.4) is 0 Å². The summed E-state index contributed by atoms with van der Waals surface area (Å²) in [5.41, 5.74) is 1.77. The second-order valence-corrected chi connectivity index (χ2v) is 5.68. The summed E-state index contributed by atoms with van der Waals surface area (Å²) in [7, 11) is 0. The molecule has 0 aliphatic heterocycles. The molecule has 0 spiro atoms. The lowest BCUT2D eigenvalue weighted by Crippen LogP contribution is -1.98. The number of rotatable bonds is 4. The van der Waals surface area contributed by atoms with E-state index in [0.29, 0.717) is 17.9 Å². The quantitative estimate of drug-likeness (QED) is 0.475. The molecule has 0 unspecified atom stereocenters. The molecule has 0 radical (unpaired) electrons. The zero-order chi connectivity index (χ0) is 13.7. The van der Waals surface area contributed by atoms with Crippen LogP contribution in [0.15, 0.2) is 56.6 Å². The number of benzene rings is 2. The smallest absolute Gasteiger partial charge is 0.128 e. The third-order valence-corrected chi connectivity index (χ3v) is 3.44. The fourth-order valence-corrected chi connectivity index (χ4v) is 2.43. The fraction of sp³-hybridized carbons (Fsp3) is 0.0714.